The molecule has 4 rings (SSSR count). The van der Waals surface area contributed by atoms with E-state index in [0.29, 0.717) is 37.6 Å². The number of aromatic nitrogens is 1. The van der Waals surface area contributed by atoms with Gasteiger partial charge in [0.15, 0.2) is 0 Å². The summed E-state index contributed by atoms with van der Waals surface area (Å²) in [5.74, 6) is -0.00291. The van der Waals surface area contributed by atoms with Crippen LogP contribution in [0.4, 0.5) is 5.69 Å². The minimum absolute atomic E-state index is 0.0222. The van der Waals surface area contributed by atoms with Crippen LogP contribution in [0, 0.1) is 20.8 Å². The summed E-state index contributed by atoms with van der Waals surface area (Å²) in [5, 5.41) is 3.90. The number of hydrogen-bond acceptors (Lipinski definition) is 5. The number of carbonyl (C=O) groups is 2. The summed E-state index contributed by atoms with van der Waals surface area (Å²) in [6, 6.07) is 15.8. The van der Waals surface area contributed by atoms with Crippen molar-refractivity contribution in [2.24, 2.45) is 0 Å². The molecule has 1 aliphatic rings. The van der Waals surface area contributed by atoms with E-state index in [-0.39, 0.29) is 11.8 Å². The van der Waals surface area contributed by atoms with E-state index in [4.69, 9.17) is 0 Å². The maximum absolute atomic E-state index is 13.2. The molecule has 1 aromatic heterocycles. The van der Waals surface area contributed by atoms with Gasteiger partial charge in [-0.1, -0.05) is 42.5 Å². The van der Waals surface area contributed by atoms with Crippen LogP contribution >= 0.6 is 11.3 Å². The Bertz CT molecular complexity index is 1120. The molecule has 0 saturated carbocycles. The minimum Gasteiger partial charge on any atom is -0.335 e. The van der Waals surface area contributed by atoms with Crippen molar-refractivity contribution in [2.45, 2.75) is 20.8 Å². The van der Waals surface area contributed by atoms with E-state index in [0.717, 1.165) is 33.1 Å². The van der Waals surface area contributed by atoms with E-state index < -0.39 is 0 Å². The fourth-order valence-corrected chi connectivity index (χ4v) is 4.80. The molecule has 1 N–H and O–H groups in total. The third kappa shape index (κ3) is 4.89. The highest BCUT2D eigenvalue weighted by atomic mass is 32.1. The molecule has 0 atom stereocenters. The third-order valence-corrected chi connectivity index (χ3v) is 6.84. The van der Waals surface area contributed by atoms with Crippen molar-refractivity contribution in [1.82, 2.24) is 14.8 Å². The first-order chi connectivity index (χ1) is 15.4. The lowest BCUT2D eigenvalue weighted by molar-refractivity contribution is -0.117. The van der Waals surface area contributed by atoms with Crippen molar-refractivity contribution >= 4 is 28.8 Å². The van der Waals surface area contributed by atoms with Crippen LogP contribution in [0.3, 0.4) is 0 Å². The molecule has 0 unspecified atom stereocenters. The summed E-state index contributed by atoms with van der Waals surface area (Å²) >= 11 is 1.45. The van der Waals surface area contributed by atoms with Crippen molar-refractivity contribution in [3.05, 3.63) is 69.5 Å². The molecule has 0 bridgehead atoms. The fourth-order valence-electron chi connectivity index (χ4n) is 3.90. The molecule has 0 radical (unpaired) electrons. The first kappa shape index (κ1) is 22.2. The molecule has 7 heteroatoms. The molecule has 0 spiro atoms. The standard InChI is InChI=1S/C25H28N4O2S/c1-17-8-7-11-21(18(17)2)27-22(30)16-28-12-14-29(15-13-28)25(31)24-23(26-19(3)32-24)20-9-5-4-6-10-20/h4-11H,12-16H2,1-3H3,(H,27,30). The number of amides is 2. The van der Waals surface area contributed by atoms with Gasteiger partial charge in [0.1, 0.15) is 4.88 Å². The molecule has 3 aromatic rings. The highest BCUT2D eigenvalue weighted by Crippen LogP contribution is 2.29. The van der Waals surface area contributed by atoms with Gasteiger partial charge in [-0.2, -0.15) is 0 Å². The van der Waals surface area contributed by atoms with Gasteiger partial charge in [-0.15, -0.1) is 11.3 Å². The van der Waals surface area contributed by atoms with E-state index in [1.165, 1.54) is 11.3 Å². The Morgan fingerprint density at radius 1 is 0.969 bits per heavy atom. The number of nitrogens with zero attached hydrogens (tertiary/aromatic N) is 3. The molecule has 2 heterocycles. The van der Waals surface area contributed by atoms with Crippen LogP contribution in [0.25, 0.3) is 11.3 Å². The maximum Gasteiger partial charge on any atom is 0.266 e. The highest BCUT2D eigenvalue weighted by Gasteiger charge is 2.27. The van der Waals surface area contributed by atoms with Gasteiger partial charge in [0.2, 0.25) is 5.91 Å². The molecule has 166 valence electrons. The summed E-state index contributed by atoms with van der Waals surface area (Å²) in [7, 11) is 0. The number of hydrogen-bond donors (Lipinski definition) is 1. The van der Waals surface area contributed by atoms with Crippen LogP contribution in [0.2, 0.25) is 0 Å². The zero-order valence-electron chi connectivity index (χ0n) is 18.7. The Balaban J connectivity index is 1.36. The molecule has 32 heavy (non-hydrogen) atoms. The van der Waals surface area contributed by atoms with Gasteiger partial charge in [-0.3, -0.25) is 14.5 Å². The number of thiazole rings is 1. The monoisotopic (exact) mass is 448 g/mol. The largest absolute Gasteiger partial charge is 0.335 e. The molecule has 2 aromatic carbocycles. The number of nitrogens with one attached hydrogen (secondary N) is 1. The average Bonchev–Trinajstić information content (AvgIpc) is 3.19. The number of piperazine rings is 1. The van der Waals surface area contributed by atoms with Crippen molar-refractivity contribution < 1.29 is 9.59 Å². The molecule has 1 fully saturated rings. The SMILES string of the molecule is Cc1nc(-c2ccccc2)c(C(=O)N2CCN(CC(=O)Nc3cccc(C)c3C)CC2)s1. The summed E-state index contributed by atoms with van der Waals surface area (Å²) < 4.78 is 0. The van der Waals surface area contributed by atoms with Gasteiger partial charge in [-0.25, -0.2) is 4.98 Å². The predicted octanol–water partition coefficient (Wildman–Crippen LogP) is 4.13. The zero-order valence-corrected chi connectivity index (χ0v) is 19.5. The molecule has 1 aliphatic heterocycles. The van der Waals surface area contributed by atoms with Crippen LogP contribution in [0.1, 0.15) is 25.8 Å². The second-order valence-electron chi connectivity index (χ2n) is 8.14. The lowest BCUT2D eigenvalue weighted by Gasteiger charge is -2.34. The van der Waals surface area contributed by atoms with Crippen molar-refractivity contribution in [3.8, 4) is 11.3 Å². The molecule has 6 nitrogen and oxygen atoms in total. The second-order valence-corrected chi connectivity index (χ2v) is 9.34. The van der Waals surface area contributed by atoms with Gasteiger partial charge in [-0.05, 0) is 38.0 Å². The zero-order chi connectivity index (χ0) is 22.7. The average molecular weight is 449 g/mol. The molecular formula is C25H28N4O2S. The smallest absolute Gasteiger partial charge is 0.266 e. The normalized spacial score (nSPS) is 14.4. The number of carbonyl (C=O) groups excluding carboxylic acids is 2. The Morgan fingerprint density at radius 2 is 1.69 bits per heavy atom. The van der Waals surface area contributed by atoms with Crippen molar-refractivity contribution in [2.75, 3.05) is 38.0 Å². The molecule has 1 saturated heterocycles. The van der Waals surface area contributed by atoms with Crippen LogP contribution in [-0.4, -0.2) is 59.3 Å². The lowest BCUT2D eigenvalue weighted by atomic mass is 10.1. The van der Waals surface area contributed by atoms with E-state index in [1.54, 1.807) is 0 Å². The number of anilines is 1. The van der Waals surface area contributed by atoms with E-state index in [9.17, 15) is 9.59 Å². The lowest BCUT2D eigenvalue weighted by Crippen LogP contribution is -2.50. The Labute approximate surface area is 192 Å². The van der Waals surface area contributed by atoms with Crippen molar-refractivity contribution in [3.63, 3.8) is 0 Å². The molecular weight excluding hydrogens is 420 g/mol. The molecule has 0 aliphatic carbocycles. The maximum atomic E-state index is 13.2. The Morgan fingerprint density at radius 3 is 2.41 bits per heavy atom. The van der Waals surface area contributed by atoms with E-state index in [1.807, 2.05) is 74.2 Å². The summed E-state index contributed by atoms with van der Waals surface area (Å²) in [6.07, 6.45) is 0. The topological polar surface area (TPSA) is 65.5 Å². The summed E-state index contributed by atoms with van der Waals surface area (Å²) in [6.45, 7) is 8.84. The first-order valence-corrected chi connectivity index (χ1v) is 11.6. The van der Waals surface area contributed by atoms with Gasteiger partial charge in [0.05, 0.1) is 17.2 Å². The molecule has 2 amide bonds. The third-order valence-electron chi connectivity index (χ3n) is 5.88. The van der Waals surface area contributed by atoms with Crippen LogP contribution < -0.4 is 5.32 Å². The Kier molecular flexibility index (Phi) is 6.67. The second kappa shape index (κ2) is 9.63. The van der Waals surface area contributed by atoms with Crippen LogP contribution in [-0.2, 0) is 4.79 Å². The van der Waals surface area contributed by atoms with Gasteiger partial charge >= 0.3 is 0 Å². The fraction of sp³-hybridized carbons (Fsp3) is 0.320. The summed E-state index contributed by atoms with van der Waals surface area (Å²) in [5.41, 5.74) is 4.82. The number of benzene rings is 2. The van der Waals surface area contributed by atoms with Gasteiger partial charge in [0.25, 0.3) is 5.91 Å². The summed E-state index contributed by atoms with van der Waals surface area (Å²) in [4.78, 5) is 35.1. The van der Waals surface area contributed by atoms with Gasteiger partial charge < -0.3 is 10.2 Å². The van der Waals surface area contributed by atoms with E-state index >= 15 is 0 Å². The van der Waals surface area contributed by atoms with E-state index in [2.05, 4.69) is 15.2 Å². The van der Waals surface area contributed by atoms with Crippen molar-refractivity contribution in [1.29, 1.82) is 0 Å². The minimum atomic E-state index is -0.0251. The van der Waals surface area contributed by atoms with Gasteiger partial charge in [0, 0.05) is 37.4 Å². The Hall–Kier alpha value is -3.03. The van der Waals surface area contributed by atoms with Crippen LogP contribution in [0.15, 0.2) is 48.5 Å². The quantitative estimate of drug-likeness (QED) is 0.637. The highest BCUT2D eigenvalue weighted by molar-refractivity contribution is 7.14. The predicted molar refractivity (Wildman–Crippen MR) is 129 cm³/mol. The number of rotatable bonds is 5. The van der Waals surface area contributed by atoms with Crippen LogP contribution in [0.5, 0.6) is 0 Å². The first-order valence-electron chi connectivity index (χ1n) is 10.8. The number of aryl methyl sites for hydroxylation is 2.